The van der Waals surface area contributed by atoms with Gasteiger partial charge < -0.3 is 8.98 Å². The molecule has 5 nitrogen and oxygen atoms in total. The van der Waals surface area contributed by atoms with E-state index in [1.165, 1.54) is 4.57 Å². The van der Waals surface area contributed by atoms with E-state index in [1.807, 2.05) is 72.8 Å². The fourth-order valence-corrected chi connectivity index (χ4v) is 6.38. The molecular weight excluding hydrogens is 613 g/mol. The Morgan fingerprint density at radius 3 is 1.90 bits per heavy atom. The first-order valence-electron chi connectivity index (χ1n) is 21.7. The molecule has 10 aromatic rings. The number of benzene rings is 7. The molecule has 0 aliphatic rings. The Bertz CT molecular complexity index is 3470. The minimum absolute atomic E-state index is 0.115. The molecule has 0 saturated carbocycles. The first kappa shape index (κ1) is 18.6. The lowest BCUT2D eigenvalue weighted by molar-refractivity contribution is 0.666. The molecular formula is C45H28N4O. The van der Waals surface area contributed by atoms with Crippen molar-refractivity contribution in [2.45, 2.75) is 0 Å². The summed E-state index contributed by atoms with van der Waals surface area (Å²) < 4.78 is 114. The first-order valence-corrected chi connectivity index (χ1v) is 15.7. The van der Waals surface area contributed by atoms with Crippen LogP contribution >= 0.6 is 0 Å². The molecule has 0 spiro atoms. The van der Waals surface area contributed by atoms with E-state index in [2.05, 4.69) is 0 Å². The van der Waals surface area contributed by atoms with E-state index in [4.69, 9.17) is 30.3 Å². The molecule has 0 fully saturated rings. The van der Waals surface area contributed by atoms with Crippen LogP contribution < -0.4 is 0 Å². The van der Waals surface area contributed by atoms with Crippen molar-refractivity contribution in [1.29, 1.82) is 0 Å². The van der Waals surface area contributed by atoms with Crippen LogP contribution in [0, 0.1) is 0 Å². The molecule has 0 unspecified atom stereocenters. The molecule has 0 aliphatic carbocycles. The van der Waals surface area contributed by atoms with Crippen LogP contribution in [0.25, 0.3) is 94.7 Å². The van der Waals surface area contributed by atoms with Crippen LogP contribution in [-0.2, 0) is 0 Å². The lowest BCUT2D eigenvalue weighted by Crippen LogP contribution is -2.00. The molecule has 5 heteroatoms. The second-order valence-electron chi connectivity index (χ2n) is 11.5. The summed E-state index contributed by atoms with van der Waals surface area (Å²) >= 11 is 0. The van der Waals surface area contributed by atoms with Gasteiger partial charge in [-0.2, -0.15) is 0 Å². The number of fused-ring (bicyclic) bond motifs is 6. The van der Waals surface area contributed by atoms with E-state index in [9.17, 15) is 5.48 Å². The van der Waals surface area contributed by atoms with Gasteiger partial charge in [0.25, 0.3) is 0 Å². The molecule has 10 rings (SSSR count). The molecule has 50 heavy (non-hydrogen) atoms. The number of rotatable bonds is 5. The second-order valence-corrected chi connectivity index (χ2v) is 11.5. The minimum Gasteiger partial charge on any atom is -0.454 e. The quantitative estimate of drug-likeness (QED) is 0.186. The van der Waals surface area contributed by atoms with Gasteiger partial charge in [0.2, 0.25) is 0 Å². The van der Waals surface area contributed by atoms with Crippen molar-refractivity contribution in [3.63, 3.8) is 0 Å². The van der Waals surface area contributed by atoms with Crippen LogP contribution in [0.3, 0.4) is 0 Å². The predicted molar refractivity (Wildman–Crippen MR) is 203 cm³/mol. The molecule has 0 atom stereocenters. The Balaban J connectivity index is 1.31. The Morgan fingerprint density at radius 1 is 0.480 bits per heavy atom. The maximum atomic E-state index is 9.54. The Labute approximate surface area is 304 Å². The summed E-state index contributed by atoms with van der Waals surface area (Å²) in [5, 5.41) is 0.856. The highest BCUT2D eigenvalue weighted by Crippen LogP contribution is 2.41. The van der Waals surface area contributed by atoms with E-state index >= 15 is 0 Å². The van der Waals surface area contributed by atoms with Crippen molar-refractivity contribution in [3.05, 3.63) is 170 Å². The summed E-state index contributed by atoms with van der Waals surface area (Å²) in [4.78, 5) is 14.7. The van der Waals surface area contributed by atoms with E-state index in [0.717, 1.165) is 11.1 Å². The minimum atomic E-state index is -0.698. The molecule has 3 aromatic heterocycles. The van der Waals surface area contributed by atoms with Gasteiger partial charge in [-0.25, -0.2) is 15.0 Å². The maximum Gasteiger partial charge on any atom is 0.164 e. The number of hydrogen-bond donors (Lipinski definition) is 0. The predicted octanol–water partition coefficient (Wildman–Crippen LogP) is 11.5. The highest BCUT2D eigenvalue weighted by molar-refractivity contribution is 6.16. The zero-order valence-corrected chi connectivity index (χ0v) is 25.9. The van der Waals surface area contributed by atoms with Gasteiger partial charge in [-0.3, -0.25) is 0 Å². The van der Waals surface area contributed by atoms with Crippen molar-refractivity contribution in [3.8, 4) is 51.0 Å². The van der Waals surface area contributed by atoms with Crippen LogP contribution in [0.4, 0.5) is 0 Å². The fraction of sp³-hybridized carbons (Fsp3) is 0. The van der Waals surface area contributed by atoms with Gasteiger partial charge in [0.15, 0.2) is 23.1 Å². The van der Waals surface area contributed by atoms with Crippen LogP contribution in [0.1, 0.15) is 16.4 Å². The summed E-state index contributed by atoms with van der Waals surface area (Å²) in [5.74, 6) is 1.25. The molecule has 0 amide bonds. The van der Waals surface area contributed by atoms with Crippen LogP contribution in [0.2, 0.25) is 0 Å². The molecule has 0 radical (unpaired) electrons. The van der Waals surface area contributed by atoms with E-state index in [0.29, 0.717) is 39.4 Å². The van der Waals surface area contributed by atoms with Crippen molar-refractivity contribution in [2.24, 2.45) is 0 Å². The normalized spacial score (nSPS) is 15.0. The van der Waals surface area contributed by atoms with E-state index in [-0.39, 0.29) is 33.1 Å². The molecule has 0 N–H and O–H groups in total. The largest absolute Gasteiger partial charge is 0.454 e. The monoisotopic (exact) mass is 652 g/mol. The lowest BCUT2D eigenvalue weighted by atomic mass is 10.0. The lowest BCUT2D eigenvalue weighted by Gasteiger charge is -2.10. The van der Waals surface area contributed by atoms with Crippen molar-refractivity contribution >= 4 is 43.7 Å². The first-order chi connectivity index (χ1) is 29.8. The average Bonchev–Trinajstić information content (AvgIpc) is 3.87. The number of nitrogens with zero attached hydrogens (tertiary/aromatic N) is 4. The summed E-state index contributed by atoms with van der Waals surface area (Å²) in [6, 6.07) is 22.2. The van der Waals surface area contributed by atoms with Crippen LogP contribution in [0.15, 0.2) is 174 Å². The third-order valence-electron chi connectivity index (χ3n) is 8.59. The Kier molecular flexibility index (Phi) is 4.24. The van der Waals surface area contributed by atoms with E-state index in [1.54, 1.807) is 24.3 Å². The standard InChI is InChI=1S/C45H28N4O/c1-4-14-29(15-5-1)32-26-27-38-36(28-32)33-20-10-11-23-37(33)49(38)39-24-12-21-34-41-35(22-13-25-40(41)50-42(34)39)45-47-43(30-16-6-2-7-17-30)46-44(48-45)31-18-8-3-9-19-31/h1-28H/i1D,4D,5D,10D,11D,14D,15D,20D,23D,26D,27D,28D. The highest BCUT2D eigenvalue weighted by atomic mass is 16.3. The smallest absolute Gasteiger partial charge is 0.164 e. The van der Waals surface area contributed by atoms with Gasteiger partial charge in [-0.05, 0) is 41.4 Å². The number of hydrogen-bond acceptors (Lipinski definition) is 4. The summed E-state index contributed by atoms with van der Waals surface area (Å²) in [7, 11) is 0. The number of aromatic nitrogens is 4. The summed E-state index contributed by atoms with van der Waals surface area (Å²) in [6.07, 6.45) is 0. The zero-order chi connectivity index (χ0) is 43.5. The summed E-state index contributed by atoms with van der Waals surface area (Å²) in [6.45, 7) is 0. The van der Waals surface area contributed by atoms with Gasteiger partial charge >= 0.3 is 0 Å². The molecule has 0 aliphatic heterocycles. The highest BCUT2D eigenvalue weighted by Gasteiger charge is 2.21. The SMILES string of the molecule is [2H]c1c([2H])c([2H])c(-c2c([2H])c([2H])c3c(c2[2H])c2c([2H])c([2H])c([2H])c([2H])c2n3-c2cccc3c2oc2cccc(-c4nc(-c5ccccc5)nc(-c5ccccc5)n4)c23)c([2H])c1[2H]. The molecule has 234 valence electrons. The van der Waals surface area contributed by atoms with Gasteiger partial charge in [0, 0.05) is 38.2 Å². The number of furan rings is 1. The number of para-hydroxylation sites is 2. The third kappa shape index (κ3) is 4.52. The van der Waals surface area contributed by atoms with Crippen molar-refractivity contribution < 1.29 is 20.9 Å². The molecule has 0 saturated heterocycles. The molecule has 7 aromatic carbocycles. The van der Waals surface area contributed by atoms with Gasteiger partial charge in [0.05, 0.1) is 33.2 Å². The fourth-order valence-electron chi connectivity index (χ4n) is 6.38. The van der Waals surface area contributed by atoms with Crippen LogP contribution in [0.5, 0.6) is 0 Å². The average molecular weight is 653 g/mol. The van der Waals surface area contributed by atoms with Gasteiger partial charge in [-0.15, -0.1) is 0 Å². The molecule has 3 heterocycles. The van der Waals surface area contributed by atoms with Gasteiger partial charge in [-0.1, -0.05) is 139 Å². The summed E-state index contributed by atoms with van der Waals surface area (Å²) in [5.41, 5.74) is 1.88. The Morgan fingerprint density at radius 2 is 1.14 bits per heavy atom. The van der Waals surface area contributed by atoms with Crippen molar-refractivity contribution in [2.75, 3.05) is 0 Å². The maximum absolute atomic E-state index is 9.54. The zero-order valence-electron chi connectivity index (χ0n) is 37.9. The second kappa shape index (κ2) is 11.4. The topological polar surface area (TPSA) is 56.7 Å². The van der Waals surface area contributed by atoms with E-state index < -0.39 is 83.6 Å². The van der Waals surface area contributed by atoms with Gasteiger partial charge in [0.1, 0.15) is 5.58 Å². The molecule has 0 bridgehead atoms. The van der Waals surface area contributed by atoms with Crippen molar-refractivity contribution in [1.82, 2.24) is 19.5 Å². The third-order valence-corrected chi connectivity index (χ3v) is 8.59. The Hall–Kier alpha value is -6.85. The van der Waals surface area contributed by atoms with Crippen LogP contribution in [-0.4, -0.2) is 19.5 Å².